The van der Waals surface area contributed by atoms with E-state index in [-0.39, 0.29) is 0 Å². The van der Waals surface area contributed by atoms with Gasteiger partial charge in [-0.05, 0) is 10.6 Å². The SMILES string of the molecule is OPO.c1ccc(Pc2ccccc2)cc1. The molecule has 2 N–H and O–H groups in total. The predicted molar refractivity (Wildman–Crippen MR) is 73.2 cm³/mol. The summed E-state index contributed by atoms with van der Waals surface area (Å²) in [6, 6.07) is 21.2. The highest BCUT2D eigenvalue weighted by Crippen LogP contribution is 2.08. The molecule has 4 heteroatoms. The first kappa shape index (κ1) is 13.3. The van der Waals surface area contributed by atoms with Crippen LogP contribution in [-0.4, -0.2) is 9.79 Å². The van der Waals surface area contributed by atoms with Gasteiger partial charge in [0.25, 0.3) is 0 Å². The lowest BCUT2D eigenvalue weighted by Crippen LogP contribution is -2.01. The van der Waals surface area contributed by atoms with Gasteiger partial charge in [-0.15, -0.1) is 0 Å². The van der Waals surface area contributed by atoms with Gasteiger partial charge in [0.2, 0.25) is 0 Å². The van der Waals surface area contributed by atoms with E-state index in [0.717, 1.165) is 8.58 Å². The fourth-order valence-electron chi connectivity index (χ4n) is 1.21. The van der Waals surface area contributed by atoms with E-state index in [1.807, 2.05) is 0 Å². The second-order valence-electron chi connectivity index (χ2n) is 2.96. The van der Waals surface area contributed by atoms with Crippen molar-refractivity contribution in [2.24, 2.45) is 0 Å². The molecule has 16 heavy (non-hydrogen) atoms. The molecule has 2 aromatic rings. The first-order chi connectivity index (χ1) is 7.86. The van der Waals surface area contributed by atoms with Crippen molar-refractivity contribution < 1.29 is 9.79 Å². The fourth-order valence-corrected chi connectivity index (χ4v) is 2.26. The molecule has 0 saturated heterocycles. The minimum Gasteiger partial charge on any atom is -0.352 e. The first-order valence-corrected chi connectivity index (χ1v) is 6.66. The van der Waals surface area contributed by atoms with Crippen LogP contribution in [0.15, 0.2) is 60.7 Å². The highest BCUT2D eigenvalue weighted by Gasteiger charge is 1.92. The van der Waals surface area contributed by atoms with Crippen LogP contribution in [0.25, 0.3) is 0 Å². The molecule has 0 saturated carbocycles. The van der Waals surface area contributed by atoms with Crippen molar-refractivity contribution in [3.63, 3.8) is 0 Å². The van der Waals surface area contributed by atoms with E-state index < -0.39 is 9.03 Å². The molecule has 84 valence electrons. The van der Waals surface area contributed by atoms with Crippen LogP contribution in [0.3, 0.4) is 0 Å². The summed E-state index contributed by atoms with van der Waals surface area (Å²) < 4.78 is 0. The smallest absolute Gasteiger partial charge is 0.149 e. The van der Waals surface area contributed by atoms with E-state index in [1.165, 1.54) is 10.6 Å². The third kappa shape index (κ3) is 5.34. The van der Waals surface area contributed by atoms with E-state index in [1.54, 1.807) is 0 Å². The average molecular weight is 252 g/mol. The lowest BCUT2D eigenvalue weighted by molar-refractivity contribution is 0.513. The Kier molecular flexibility index (Phi) is 6.96. The Bertz CT molecular complexity index is 341. The molecule has 0 atom stereocenters. The van der Waals surface area contributed by atoms with Gasteiger partial charge in [-0.25, -0.2) is 0 Å². The third-order valence-electron chi connectivity index (χ3n) is 1.84. The van der Waals surface area contributed by atoms with E-state index in [9.17, 15) is 0 Å². The molecule has 0 amide bonds. The summed E-state index contributed by atoms with van der Waals surface area (Å²) in [4.78, 5) is 14.3. The van der Waals surface area contributed by atoms with Gasteiger partial charge >= 0.3 is 0 Å². The number of hydrogen-bond acceptors (Lipinski definition) is 2. The van der Waals surface area contributed by atoms with Crippen LogP contribution in [0, 0.1) is 0 Å². The summed E-state index contributed by atoms with van der Waals surface area (Å²) in [7, 11) is -0.140. The average Bonchev–Trinajstić information content (AvgIpc) is 2.33. The molecule has 2 nitrogen and oxygen atoms in total. The minimum atomic E-state index is -0.917. The zero-order valence-electron chi connectivity index (χ0n) is 8.67. The zero-order chi connectivity index (χ0) is 11.6. The van der Waals surface area contributed by atoms with E-state index in [0.29, 0.717) is 0 Å². The van der Waals surface area contributed by atoms with Crippen molar-refractivity contribution in [2.45, 2.75) is 0 Å². The molecule has 0 radical (unpaired) electrons. The van der Waals surface area contributed by atoms with Crippen LogP contribution in [-0.2, 0) is 0 Å². The number of benzene rings is 2. The molecule has 0 spiro atoms. The van der Waals surface area contributed by atoms with E-state index >= 15 is 0 Å². The molecular weight excluding hydrogens is 238 g/mol. The highest BCUT2D eigenvalue weighted by atomic mass is 31.1. The van der Waals surface area contributed by atoms with Gasteiger partial charge in [-0.2, -0.15) is 0 Å². The Labute approximate surface area is 99.1 Å². The summed E-state index contributed by atoms with van der Waals surface area (Å²) in [6.45, 7) is 0. The Balaban J connectivity index is 0.000000386. The van der Waals surface area contributed by atoms with Crippen LogP contribution in [0.5, 0.6) is 0 Å². The maximum absolute atomic E-state index is 7.15. The van der Waals surface area contributed by atoms with Crippen LogP contribution in [0.2, 0.25) is 0 Å². The van der Waals surface area contributed by atoms with Gasteiger partial charge in [0.15, 0.2) is 0 Å². The second kappa shape index (κ2) is 8.38. The molecule has 0 aliphatic rings. The molecule has 0 bridgehead atoms. The van der Waals surface area contributed by atoms with Gasteiger partial charge in [0.1, 0.15) is 9.03 Å². The maximum atomic E-state index is 7.15. The van der Waals surface area contributed by atoms with Crippen molar-refractivity contribution in [1.29, 1.82) is 0 Å². The molecule has 2 rings (SSSR count). The summed E-state index contributed by atoms with van der Waals surface area (Å²) in [5.41, 5.74) is 0. The lowest BCUT2D eigenvalue weighted by atomic mass is 10.4. The lowest BCUT2D eigenvalue weighted by Gasteiger charge is -2.00. The molecule has 2 aromatic carbocycles. The maximum Gasteiger partial charge on any atom is 0.149 e. The van der Waals surface area contributed by atoms with Crippen molar-refractivity contribution in [1.82, 2.24) is 0 Å². The van der Waals surface area contributed by atoms with Gasteiger partial charge in [0, 0.05) is 0 Å². The molecule has 0 aliphatic carbocycles. The largest absolute Gasteiger partial charge is 0.352 e. The highest BCUT2D eigenvalue weighted by molar-refractivity contribution is 7.55. The van der Waals surface area contributed by atoms with Crippen LogP contribution >= 0.6 is 17.6 Å². The van der Waals surface area contributed by atoms with Crippen LogP contribution in [0.4, 0.5) is 0 Å². The molecule has 0 aromatic heterocycles. The molecule has 0 heterocycles. The van der Waals surface area contributed by atoms with Gasteiger partial charge in [-0.1, -0.05) is 69.2 Å². The van der Waals surface area contributed by atoms with Gasteiger partial charge in [0.05, 0.1) is 0 Å². The summed E-state index contributed by atoms with van der Waals surface area (Å²) in [5.74, 6) is 0. The quantitative estimate of drug-likeness (QED) is 0.800. The Morgan fingerprint density at radius 2 is 0.938 bits per heavy atom. The van der Waals surface area contributed by atoms with Crippen molar-refractivity contribution in [3.8, 4) is 0 Å². The van der Waals surface area contributed by atoms with Crippen molar-refractivity contribution in [3.05, 3.63) is 60.7 Å². The van der Waals surface area contributed by atoms with Crippen LogP contribution < -0.4 is 10.6 Å². The Morgan fingerprint density at radius 1 is 0.625 bits per heavy atom. The zero-order valence-corrected chi connectivity index (χ0v) is 10.7. The molecule has 0 fully saturated rings. The van der Waals surface area contributed by atoms with Gasteiger partial charge in [-0.3, -0.25) is 0 Å². The summed E-state index contributed by atoms with van der Waals surface area (Å²) >= 11 is 0. The predicted octanol–water partition coefficient (Wildman–Crippen LogP) is 1.80. The minimum absolute atomic E-state index is 0.777. The standard InChI is InChI=1S/C12H11P.H3O2P/c1-3-7-11(8-4-1)13-12-9-5-2-6-10-12;1-3-2/h1-10,13H;1-3H. The normalized spacial score (nSPS) is 9.12. The first-order valence-electron chi connectivity index (χ1n) is 4.77. The number of rotatable bonds is 2. The Morgan fingerprint density at radius 3 is 1.25 bits per heavy atom. The van der Waals surface area contributed by atoms with E-state index in [4.69, 9.17) is 9.79 Å². The second-order valence-corrected chi connectivity index (χ2v) is 4.56. The topological polar surface area (TPSA) is 40.5 Å². The van der Waals surface area contributed by atoms with E-state index in [2.05, 4.69) is 60.7 Å². The number of hydrogen-bond donors (Lipinski definition) is 2. The Hall–Kier alpha value is -0.780. The molecule has 0 aliphatic heterocycles. The summed E-state index contributed by atoms with van der Waals surface area (Å²) in [6.07, 6.45) is 0. The summed E-state index contributed by atoms with van der Waals surface area (Å²) in [5, 5.41) is 2.79. The molecule has 0 unspecified atom stereocenters. The fraction of sp³-hybridized carbons (Fsp3) is 0. The van der Waals surface area contributed by atoms with Crippen molar-refractivity contribution in [2.75, 3.05) is 0 Å². The van der Waals surface area contributed by atoms with Gasteiger partial charge < -0.3 is 9.79 Å². The third-order valence-corrected chi connectivity index (χ3v) is 3.08. The van der Waals surface area contributed by atoms with Crippen LogP contribution in [0.1, 0.15) is 0 Å². The van der Waals surface area contributed by atoms with Crippen molar-refractivity contribution >= 4 is 28.2 Å². The monoisotopic (exact) mass is 252 g/mol. The molecular formula is C12H14O2P2.